The number of ether oxygens (including phenoxy) is 3. The van der Waals surface area contributed by atoms with Crippen molar-refractivity contribution < 1.29 is 19.0 Å². The van der Waals surface area contributed by atoms with Crippen molar-refractivity contribution in [1.82, 2.24) is 24.1 Å². The molecule has 1 saturated heterocycles. The van der Waals surface area contributed by atoms with Crippen LogP contribution in [0.1, 0.15) is 17.4 Å². The summed E-state index contributed by atoms with van der Waals surface area (Å²) in [7, 11) is 1.65. The molecule has 0 bridgehead atoms. The third-order valence-corrected chi connectivity index (χ3v) is 4.73. The van der Waals surface area contributed by atoms with Gasteiger partial charge in [0.15, 0.2) is 17.2 Å². The maximum atomic E-state index is 12.7. The van der Waals surface area contributed by atoms with Crippen LogP contribution in [0.2, 0.25) is 0 Å². The van der Waals surface area contributed by atoms with E-state index in [2.05, 4.69) is 20.0 Å². The fourth-order valence-corrected chi connectivity index (χ4v) is 3.37. The predicted octanol–water partition coefficient (Wildman–Crippen LogP) is 1.25. The molecule has 10 heteroatoms. The first-order valence-corrected chi connectivity index (χ1v) is 9.61. The normalized spacial score (nSPS) is 14.5. The Morgan fingerprint density at radius 2 is 2.14 bits per heavy atom. The molecular formula is C19H24N6O4. The van der Waals surface area contributed by atoms with Crippen molar-refractivity contribution in [2.45, 2.75) is 13.5 Å². The van der Waals surface area contributed by atoms with Crippen LogP contribution >= 0.6 is 0 Å². The number of hydrogen-bond acceptors (Lipinski definition) is 8. The number of rotatable bonds is 7. The van der Waals surface area contributed by atoms with Gasteiger partial charge >= 0.3 is 5.97 Å². The minimum Gasteiger partial charge on any atom is -0.461 e. The molecule has 3 aromatic rings. The van der Waals surface area contributed by atoms with Gasteiger partial charge in [-0.1, -0.05) is 0 Å². The molecule has 10 nitrogen and oxygen atoms in total. The van der Waals surface area contributed by atoms with Crippen molar-refractivity contribution in [3.63, 3.8) is 0 Å². The van der Waals surface area contributed by atoms with Gasteiger partial charge in [0.1, 0.15) is 0 Å². The minimum absolute atomic E-state index is 0.251. The number of methoxy groups -OCH3 is 1. The Balaban J connectivity index is 1.83. The first kappa shape index (κ1) is 19.3. The molecule has 0 amide bonds. The molecule has 1 aliphatic heterocycles. The van der Waals surface area contributed by atoms with Crippen molar-refractivity contribution in [3.8, 4) is 11.3 Å². The number of anilines is 1. The summed E-state index contributed by atoms with van der Waals surface area (Å²) in [6.07, 6.45) is 7.11. The summed E-state index contributed by atoms with van der Waals surface area (Å²) in [5, 5.41) is 4.38. The average Bonchev–Trinajstić information content (AvgIpc) is 3.37. The fourth-order valence-electron chi connectivity index (χ4n) is 3.37. The lowest BCUT2D eigenvalue weighted by Crippen LogP contribution is -2.37. The van der Waals surface area contributed by atoms with Gasteiger partial charge in [-0.05, 0) is 6.92 Å². The highest BCUT2D eigenvalue weighted by Crippen LogP contribution is 2.29. The largest absolute Gasteiger partial charge is 0.461 e. The van der Waals surface area contributed by atoms with Crippen LogP contribution in [-0.4, -0.2) is 76.7 Å². The van der Waals surface area contributed by atoms with E-state index >= 15 is 0 Å². The molecule has 1 fully saturated rings. The van der Waals surface area contributed by atoms with Crippen LogP contribution in [0.5, 0.6) is 0 Å². The van der Waals surface area contributed by atoms with Crippen molar-refractivity contribution in [2.24, 2.45) is 0 Å². The second kappa shape index (κ2) is 8.58. The number of hydrogen-bond donors (Lipinski definition) is 0. The number of fused-ring (bicyclic) bond motifs is 1. The van der Waals surface area contributed by atoms with Gasteiger partial charge < -0.3 is 19.1 Å². The Labute approximate surface area is 168 Å². The number of aromatic nitrogens is 5. The number of nitrogens with zero attached hydrogens (tertiary/aromatic N) is 6. The highest BCUT2D eigenvalue weighted by molar-refractivity contribution is 5.96. The molecule has 0 radical (unpaired) electrons. The smallest absolute Gasteiger partial charge is 0.359 e. The second-order valence-electron chi connectivity index (χ2n) is 6.56. The first-order valence-electron chi connectivity index (χ1n) is 9.61. The summed E-state index contributed by atoms with van der Waals surface area (Å²) in [5.41, 5.74) is 2.27. The van der Waals surface area contributed by atoms with E-state index in [1.54, 1.807) is 37.3 Å². The average molecular weight is 400 g/mol. The standard InChI is InChI=1S/C19H24N6O4/c1-3-29-19(26)15-16(14-12-21-24(13-14)8-9-27-2)25-5-4-20-17(18(25)22-15)23-6-10-28-11-7-23/h4-5,12-13H,3,6-11H2,1-2H3. The topological polar surface area (TPSA) is 96.0 Å². The quantitative estimate of drug-likeness (QED) is 0.547. The Morgan fingerprint density at radius 3 is 2.90 bits per heavy atom. The van der Waals surface area contributed by atoms with E-state index in [9.17, 15) is 4.79 Å². The number of carbonyl (C=O) groups excluding carboxylic acids is 1. The molecule has 0 spiro atoms. The Morgan fingerprint density at radius 1 is 1.31 bits per heavy atom. The number of esters is 1. The molecule has 0 saturated carbocycles. The molecular weight excluding hydrogens is 376 g/mol. The van der Waals surface area contributed by atoms with Crippen molar-refractivity contribution in [2.75, 3.05) is 51.5 Å². The molecule has 0 atom stereocenters. The molecule has 4 heterocycles. The van der Waals surface area contributed by atoms with Crippen LogP contribution in [0.25, 0.3) is 16.9 Å². The minimum atomic E-state index is -0.469. The summed E-state index contributed by atoms with van der Waals surface area (Å²) < 4.78 is 19.5. The lowest BCUT2D eigenvalue weighted by atomic mass is 10.2. The monoisotopic (exact) mass is 400 g/mol. The number of carbonyl (C=O) groups is 1. The fraction of sp³-hybridized carbons (Fsp3) is 0.474. The van der Waals surface area contributed by atoms with E-state index < -0.39 is 5.97 Å². The zero-order valence-corrected chi connectivity index (χ0v) is 16.6. The maximum Gasteiger partial charge on any atom is 0.359 e. The van der Waals surface area contributed by atoms with Crippen molar-refractivity contribution in [3.05, 3.63) is 30.5 Å². The Kier molecular flexibility index (Phi) is 5.72. The zero-order chi connectivity index (χ0) is 20.2. The number of morpholine rings is 1. The van der Waals surface area contributed by atoms with E-state index in [4.69, 9.17) is 14.2 Å². The van der Waals surface area contributed by atoms with Gasteiger partial charge in [-0.3, -0.25) is 9.08 Å². The van der Waals surface area contributed by atoms with Crippen LogP contribution in [0.4, 0.5) is 5.82 Å². The Bertz CT molecular complexity index is 992. The molecule has 3 aromatic heterocycles. The van der Waals surface area contributed by atoms with Crippen LogP contribution in [-0.2, 0) is 20.8 Å². The van der Waals surface area contributed by atoms with E-state index in [0.717, 1.165) is 24.5 Å². The van der Waals surface area contributed by atoms with E-state index in [-0.39, 0.29) is 12.3 Å². The lowest BCUT2D eigenvalue weighted by molar-refractivity contribution is 0.0521. The molecule has 0 aliphatic carbocycles. The molecule has 0 aromatic carbocycles. The summed E-state index contributed by atoms with van der Waals surface area (Å²) in [5.74, 6) is 0.253. The highest BCUT2D eigenvalue weighted by atomic mass is 16.5. The van der Waals surface area contributed by atoms with Crippen LogP contribution in [0.15, 0.2) is 24.8 Å². The maximum absolute atomic E-state index is 12.7. The summed E-state index contributed by atoms with van der Waals surface area (Å²) in [6.45, 7) is 5.91. The van der Waals surface area contributed by atoms with Gasteiger partial charge in [0.05, 0.1) is 44.9 Å². The van der Waals surface area contributed by atoms with Gasteiger partial charge in [0.2, 0.25) is 0 Å². The summed E-state index contributed by atoms with van der Waals surface area (Å²) >= 11 is 0. The van der Waals surface area contributed by atoms with Crippen molar-refractivity contribution in [1.29, 1.82) is 0 Å². The van der Waals surface area contributed by atoms with Crippen LogP contribution in [0, 0.1) is 0 Å². The van der Waals surface area contributed by atoms with Gasteiger partial charge in [-0.25, -0.2) is 14.8 Å². The van der Waals surface area contributed by atoms with E-state index in [1.165, 1.54) is 0 Å². The van der Waals surface area contributed by atoms with E-state index in [1.807, 2.05) is 10.6 Å². The molecule has 154 valence electrons. The molecule has 1 aliphatic rings. The third-order valence-electron chi connectivity index (χ3n) is 4.73. The second-order valence-corrected chi connectivity index (χ2v) is 6.56. The molecule has 29 heavy (non-hydrogen) atoms. The molecule has 0 N–H and O–H groups in total. The molecule has 0 unspecified atom stereocenters. The van der Waals surface area contributed by atoms with E-state index in [0.29, 0.717) is 37.7 Å². The molecule has 4 rings (SSSR count). The number of imidazole rings is 1. The van der Waals surface area contributed by atoms with Crippen molar-refractivity contribution >= 4 is 17.4 Å². The van der Waals surface area contributed by atoms with Gasteiger partial charge in [0.25, 0.3) is 0 Å². The summed E-state index contributed by atoms with van der Waals surface area (Å²) in [6, 6.07) is 0. The first-order chi connectivity index (χ1) is 14.2. The lowest BCUT2D eigenvalue weighted by Gasteiger charge is -2.27. The highest BCUT2D eigenvalue weighted by Gasteiger charge is 2.26. The predicted molar refractivity (Wildman–Crippen MR) is 105 cm³/mol. The van der Waals surface area contributed by atoms with Gasteiger partial charge in [-0.2, -0.15) is 5.10 Å². The van der Waals surface area contributed by atoms with Gasteiger partial charge in [0, 0.05) is 44.4 Å². The van der Waals surface area contributed by atoms with Crippen LogP contribution in [0.3, 0.4) is 0 Å². The SMILES string of the molecule is CCOC(=O)c1nc2c(N3CCOCC3)nccn2c1-c1cnn(CCOC)c1. The zero-order valence-electron chi connectivity index (χ0n) is 16.6. The van der Waals surface area contributed by atoms with Crippen LogP contribution < -0.4 is 4.90 Å². The van der Waals surface area contributed by atoms with Gasteiger partial charge in [-0.15, -0.1) is 0 Å². The summed E-state index contributed by atoms with van der Waals surface area (Å²) in [4.78, 5) is 24.0. The third kappa shape index (κ3) is 3.81. The Hall–Kier alpha value is -2.98.